The number of hydrogen-bond acceptors (Lipinski definition) is 4. The molecule has 2 unspecified atom stereocenters. The van der Waals surface area contributed by atoms with Crippen molar-refractivity contribution in [2.75, 3.05) is 19.6 Å². The van der Waals surface area contributed by atoms with Crippen molar-refractivity contribution < 1.29 is 18.0 Å². The summed E-state index contributed by atoms with van der Waals surface area (Å²) in [5, 5.41) is 11.4. The number of likely N-dealkylation sites (tertiary alicyclic amines) is 1. The van der Waals surface area contributed by atoms with E-state index in [9.17, 15) is 18.0 Å². The van der Waals surface area contributed by atoms with Gasteiger partial charge < -0.3 is 5.32 Å². The Kier molecular flexibility index (Phi) is 5.76. The summed E-state index contributed by atoms with van der Waals surface area (Å²) in [5.74, 6) is -0.234. The maximum Gasteiger partial charge on any atom is 0.391 e. The third-order valence-electron chi connectivity index (χ3n) is 6.16. The molecule has 1 saturated carbocycles. The number of piperidine rings is 1. The molecule has 4 rings (SSSR count). The van der Waals surface area contributed by atoms with Crippen LogP contribution in [0.15, 0.2) is 24.4 Å². The highest BCUT2D eigenvalue weighted by atomic mass is 19.4. The van der Waals surface area contributed by atoms with Crippen LogP contribution in [0.2, 0.25) is 0 Å². The van der Waals surface area contributed by atoms with Crippen molar-refractivity contribution in [3.63, 3.8) is 0 Å². The van der Waals surface area contributed by atoms with Gasteiger partial charge in [0.25, 0.3) is 0 Å². The van der Waals surface area contributed by atoms with E-state index in [0.717, 1.165) is 37.4 Å². The van der Waals surface area contributed by atoms with E-state index in [1.807, 2.05) is 28.8 Å². The molecule has 0 spiro atoms. The molecule has 2 aromatic heterocycles. The van der Waals surface area contributed by atoms with Gasteiger partial charge in [-0.2, -0.15) is 13.2 Å². The van der Waals surface area contributed by atoms with Gasteiger partial charge in [-0.05, 0) is 57.3 Å². The molecule has 2 aromatic rings. The third-order valence-corrected chi connectivity index (χ3v) is 6.16. The highest BCUT2D eigenvalue weighted by Crippen LogP contribution is 2.37. The Morgan fingerprint density at radius 2 is 1.93 bits per heavy atom. The summed E-state index contributed by atoms with van der Waals surface area (Å²) in [6, 6.07) is 5.43. The quantitative estimate of drug-likeness (QED) is 0.843. The number of amides is 1. The summed E-state index contributed by atoms with van der Waals surface area (Å²) < 4.78 is 40.8. The summed E-state index contributed by atoms with van der Waals surface area (Å²) in [5.41, 5.74) is 0.828. The minimum absolute atomic E-state index is 0.00271. The fraction of sp³-hybridized carbons (Fsp3) is 0.650. The van der Waals surface area contributed by atoms with E-state index in [2.05, 4.69) is 20.4 Å². The Bertz CT molecular complexity index is 844. The van der Waals surface area contributed by atoms with Crippen LogP contribution in [0.1, 0.15) is 50.3 Å². The van der Waals surface area contributed by atoms with E-state index >= 15 is 0 Å². The fourth-order valence-electron chi connectivity index (χ4n) is 4.58. The van der Waals surface area contributed by atoms with Crippen molar-refractivity contribution in [1.29, 1.82) is 0 Å². The van der Waals surface area contributed by atoms with Crippen LogP contribution >= 0.6 is 0 Å². The summed E-state index contributed by atoms with van der Waals surface area (Å²) in [6.45, 7) is 1.76. The number of aromatic nitrogens is 3. The number of carbonyl (C=O) groups excluding carboxylic acids is 1. The van der Waals surface area contributed by atoms with Crippen LogP contribution in [0.3, 0.4) is 0 Å². The number of alkyl halides is 3. The molecule has 2 fully saturated rings. The first-order chi connectivity index (χ1) is 13.9. The average molecular weight is 409 g/mol. The van der Waals surface area contributed by atoms with Crippen LogP contribution in [0.5, 0.6) is 0 Å². The fourth-order valence-corrected chi connectivity index (χ4v) is 4.58. The van der Waals surface area contributed by atoms with Gasteiger partial charge in [-0.3, -0.25) is 14.1 Å². The maximum atomic E-state index is 12.9. The molecule has 2 aliphatic rings. The lowest BCUT2D eigenvalue weighted by Crippen LogP contribution is -2.46. The minimum atomic E-state index is -4.17. The highest BCUT2D eigenvalue weighted by Gasteiger charge is 2.42. The number of nitrogens with one attached hydrogen (secondary N) is 1. The van der Waals surface area contributed by atoms with Gasteiger partial charge in [0, 0.05) is 18.2 Å². The largest absolute Gasteiger partial charge is 0.391 e. The zero-order valence-electron chi connectivity index (χ0n) is 16.2. The van der Waals surface area contributed by atoms with Crippen LogP contribution in [0.4, 0.5) is 13.2 Å². The molecule has 0 radical (unpaired) electrons. The van der Waals surface area contributed by atoms with Crippen LogP contribution in [0.25, 0.3) is 5.65 Å². The zero-order chi connectivity index (χ0) is 20.4. The number of fused-ring (bicyclic) bond motifs is 1. The Morgan fingerprint density at radius 3 is 2.69 bits per heavy atom. The van der Waals surface area contributed by atoms with Crippen molar-refractivity contribution in [1.82, 2.24) is 24.8 Å². The van der Waals surface area contributed by atoms with E-state index in [4.69, 9.17) is 0 Å². The van der Waals surface area contributed by atoms with E-state index in [-0.39, 0.29) is 37.3 Å². The average Bonchev–Trinajstić information content (AvgIpc) is 3.12. The Balaban J connectivity index is 1.26. The number of nitrogens with zero attached hydrogens (tertiary/aromatic N) is 4. The maximum absolute atomic E-state index is 12.9. The highest BCUT2D eigenvalue weighted by molar-refractivity contribution is 5.78. The van der Waals surface area contributed by atoms with Crippen LogP contribution in [-0.4, -0.2) is 57.3 Å². The predicted molar refractivity (Wildman–Crippen MR) is 101 cm³/mol. The third kappa shape index (κ3) is 4.71. The molecule has 0 bridgehead atoms. The van der Waals surface area contributed by atoms with Gasteiger partial charge in [0.15, 0.2) is 5.65 Å². The van der Waals surface area contributed by atoms with Gasteiger partial charge in [0.1, 0.15) is 5.82 Å². The second-order valence-corrected chi connectivity index (χ2v) is 8.21. The van der Waals surface area contributed by atoms with Gasteiger partial charge in [-0.25, -0.2) is 0 Å². The monoisotopic (exact) mass is 409 g/mol. The number of rotatable bonds is 4. The second-order valence-electron chi connectivity index (χ2n) is 8.21. The van der Waals surface area contributed by atoms with E-state index in [1.54, 1.807) is 0 Å². The number of carbonyl (C=O) groups is 1. The summed E-state index contributed by atoms with van der Waals surface area (Å²) >= 11 is 0. The zero-order valence-corrected chi connectivity index (χ0v) is 16.2. The van der Waals surface area contributed by atoms with Crippen LogP contribution in [-0.2, 0) is 4.79 Å². The van der Waals surface area contributed by atoms with Gasteiger partial charge in [-0.1, -0.05) is 12.5 Å². The Morgan fingerprint density at radius 1 is 1.14 bits per heavy atom. The van der Waals surface area contributed by atoms with Crippen molar-refractivity contribution in [3.05, 3.63) is 30.2 Å². The number of hydrogen-bond donors (Lipinski definition) is 1. The molecule has 158 valence electrons. The molecule has 29 heavy (non-hydrogen) atoms. The molecule has 1 N–H and O–H groups in total. The molecule has 2 atom stereocenters. The predicted octanol–water partition coefficient (Wildman–Crippen LogP) is 3.15. The molecular formula is C20H26F3N5O. The number of pyridine rings is 1. The van der Waals surface area contributed by atoms with Gasteiger partial charge in [-0.15, -0.1) is 10.2 Å². The van der Waals surface area contributed by atoms with Crippen LogP contribution < -0.4 is 5.32 Å². The molecule has 1 amide bonds. The van der Waals surface area contributed by atoms with Gasteiger partial charge in [0.2, 0.25) is 5.91 Å². The second kappa shape index (κ2) is 8.30. The summed E-state index contributed by atoms with van der Waals surface area (Å²) in [6.07, 6.45) is 0.844. The molecule has 9 heteroatoms. The summed E-state index contributed by atoms with van der Waals surface area (Å²) in [4.78, 5) is 14.4. The van der Waals surface area contributed by atoms with Crippen molar-refractivity contribution in [2.45, 2.75) is 56.7 Å². The molecule has 0 aromatic carbocycles. The van der Waals surface area contributed by atoms with Crippen molar-refractivity contribution >= 4 is 11.6 Å². The van der Waals surface area contributed by atoms with Crippen molar-refractivity contribution in [2.24, 2.45) is 5.92 Å². The Labute approximate surface area is 167 Å². The lowest BCUT2D eigenvalue weighted by molar-refractivity contribution is -0.184. The van der Waals surface area contributed by atoms with E-state index < -0.39 is 12.1 Å². The topological polar surface area (TPSA) is 62.5 Å². The summed E-state index contributed by atoms with van der Waals surface area (Å²) in [7, 11) is 0. The van der Waals surface area contributed by atoms with E-state index in [0.29, 0.717) is 12.8 Å². The lowest BCUT2D eigenvalue weighted by Gasteiger charge is -2.33. The lowest BCUT2D eigenvalue weighted by atomic mass is 9.85. The molecular weight excluding hydrogens is 383 g/mol. The molecule has 6 nitrogen and oxygen atoms in total. The molecule has 1 aliphatic carbocycles. The molecule has 1 saturated heterocycles. The van der Waals surface area contributed by atoms with Crippen LogP contribution in [0, 0.1) is 5.92 Å². The number of halogens is 3. The SMILES string of the molecule is O=C(CN1CCC(c2nnc3ccccn23)CC1)NC1CCCC(C(F)(F)F)C1. The van der Waals surface area contributed by atoms with E-state index in [1.165, 1.54) is 0 Å². The van der Waals surface area contributed by atoms with Gasteiger partial charge >= 0.3 is 6.18 Å². The molecule has 3 heterocycles. The first-order valence-corrected chi connectivity index (χ1v) is 10.3. The first kappa shape index (κ1) is 20.1. The van der Waals surface area contributed by atoms with Crippen molar-refractivity contribution in [3.8, 4) is 0 Å². The first-order valence-electron chi connectivity index (χ1n) is 10.3. The smallest absolute Gasteiger partial charge is 0.352 e. The Hall–Kier alpha value is -2.16. The van der Waals surface area contributed by atoms with Gasteiger partial charge in [0.05, 0.1) is 12.5 Å². The molecule has 1 aliphatic heterocycles. The minimum Gasteiger partial charge on any atom is -0.352 e. The standard InChI is InChI=1S/C20H26F3N5O/c21-20(22,23)15-4-3-5-16(12-15)24-18(29)13-27-10-7-14(8-11-27)19-26-25-17-6-1-2-9-28(17)19/h1-2,6,9,14-16H,3-5,7-8,10-13H2,(H,24,29). The normalized spacial score (nSPS) is 24.7.